The number of hydrogen-bond acceptors (Lipinski definition) is 4. The van der Waals surface area contributed by atoms with Gasteiger partial charge in [-0.05, 0) is 26.7 Å². The second-order valence-corrected chi connectivity index (χ2v) is 5.58. The van der Waals surface area contributed by atoms with Gasteiger partial charge < -0.3 is 15.2 Å². The average molecular weight is 270 g/mol. The van der Waals surface area contributed by atoms with Gasteiger partial charge in [0.1, 0.15) is 6.04 Å². The van der Waals surface area contributed by atoms with E-state index in [2.05, 4.69) is 5.32 Å². The molecule has 1 heterocycles. The van der Waals surface area contributed by atoms with Gasteiger partial charge in [0, 0.05) is 18.6 Å². The van der Waals surface area contributed by atoms with Crippen LogP contribution in [-0.4, -0.2) is 59.8 Å². The molecule has 0 aromatic carbocycles. The van der Waals surface area contributed by atoms with Crippen LogP contribution in [0.4, 0.5) is 0 Å². The third kappa shape index (κ3) is 3.06. The second-order valence-electron chi connectivity index (χ2n) is 5.58. The maximum Gasteiger partial charge on any atom is 0.308 e. The van der Waals surface area contributed by atoms with Crippen LogP contribution >= 0.6 is 0 Å². The highest BCUT2D eigenvalue weighted by molar-refractivity contribution is 5.82. The Bertz CT molecular complexity index is 359. The summed E-state index contributed by atoms with van der Waals surface area (Å²) in [5.41, 5.74) is 0. The zero-order valence-corrected chi connectivity index (χ0v) is 11.5. The van der Waals surface area contributed by atoms with Crippen LogP contribution in [0.3, 0.4) is 0 Å². The van der Waals surface area contributed by atoms with Gasteiger partial charge in [-0.2, -0.15) is 0 Å². The molecular weight excluding hydrogens is 248 g/mol. The van der Waals surface area contributed by atoms with Gasteiger partial charge in [0.15, 0.2) is 0 Å². The lowest BCUT2D eigenvalue weighted by Gasteiger charge is -2.47. The number of amides is 1. The summed E-state index contributed by atoms with van der Waals surface area (Å²) in [5, 5.41) is 12.0. The van der Waals surface area contributed by atoms with Gasteiger partial charge in [0.2, 0.25) is 5.91 Å². The SMILES string of the molecule is CC(C)NC(=O)C1COCCN1C1CCC1C(=O)O. The molecule has 1 aliphatic heterocycles. The van der Waals surface area contributed by atoms with Crippen molar-refractivity contribution < 1.29 is 19.4 Å². The van der Waals surface area contributed by atoms with Crippen LogP contribution in [-0.2, 0) is 14.3 Å². The Labute approximate surface area is 113 Å². The molecule has 0 bridgehead atoms. The van der Waals surface area contributed by atoms with E-state index >= 15 is 0 Å². The van der Waals surface area contributed by atoms with E-state index in [0.717, 1.165) is 6.42 Å². The fourth-order valence-electron chi connectivity index (χ4n) is 2.79. The van der Waals surface area contributed by atoms with Crippen LogP contribution in [0.25, 0.3) is 0 Å². The van der Waals surface area contributed by atoms with Gasteiger partial charge in [-0.3, -0.25) is 14.5 Å². The van der Waals surface area contributed by atoms with E-state index in [9.17, 15) is 9.59 Å². The highest BCUT2D eigenvalue weighted by Gasteiger charge is 2.45. The Hall–Kier alpha value is -1.14. The van der Waals surface area contributed by atoms with E-state index in [1.807, 2.05) is 18.7 Å². The molecule has 3 atom stereocenters. The first-order valence-corrected chi connectivity index (χ1v) is 6.87. The smallest absolute Gasteiger partial charge is 0.308 e. The Kier molecular flexibility index (Phi) is 4.42. The standard InChI is InChI=1S/C13H22N2O4/c1-8(2)14-12(16)11-7-19-6-5-15(11)10-4-3-9(10)13(17)18/h8-11H,3-7H2,1-2H3,(H,14,16)(H,17,18). The molecule has 6 heteroatoms. The molecule has 0 aromatic heterocycles. The van der Waals surface area contributed by atoms with Crippen molar-refractivity contribution in [2.75, 3.05) is 19.8 Å². The molecule has 0 radical (unpaired) electrons. The predicted octanol–water partition coefficient (Wildman–Crippen LogP) is 0.0750. The van der Waals surface area contributed by atoms with Crippen LogP contribution in [0.15, 0.2) is 0 Å². The van der Waals surface area contributed by atoms with Crippen molar-refractivity contribution in [3.05, 3.63) is 0 Å². The lowest BCUT2D eigenvalue weighted by molar-refractivity contribution is -0.156. The van der Waals surface area contributed by atoms with Crippen molar-refractivity contribution in [1.82, 2.24) is 10.2 Å². The van der Waals surface area contributed by atoms with Crippen LogP contribution in [0.1, 0.15) is 26.7 Å². The highest BCUT2D eigenvalue weighted by Crippen LogP contribution is 2.34. The molecule has 6 nitrogen and oxygen atoms in total. The molecule has 1 amide bonds. The Morgan fingerprint density at radius 1 is 1.37 bits per heavy atom. The molecule has 0 aromatic rings. The van der Waals surface area contributed by atoms with E-state index in [-0.39, 0.29) is 30.0 Å². The van der Waals surface area contributed by atoms with Crippen LogP contribution in [0.2, 0.25) is 0 Å². The van der Waals surface area contributed by atoms with Crippen molar-refractivity contribution >= 4 is 11.9 Å². The largest absolute Gasteiger partial charge is 0.481 e. The Morgan fingerprint density at radius 2 is 2.11 bits per heavy atom. The minimum absolute atomic E-state index is 0.0238. The third-order valence-corrected chi connectivity index (χ3v) is 3.88. The predicted molar refractivity (Wildman–Crippen MR) is 68.7 cm³/mol. The van der Waals surface area contributed by atoms with Gasteiger partial charge in [-0.25, -0.2) is 0 Å². The number of morpholine rings is 1. The number of carboxylic acids is 1. The van der Waals surface area contributed by atoms with Crippen LogP contribution in [0.5, 0.6) is 0 Å². The van der Waals surface area contributed by atoms with E-state index in [1.54, 1.807) is 0 Å². The molecule has 108 valence electrons. The number of rotatable bonds is 4. The normalized spacial score (nSPS) is 31.8. The van der Waals surface area contributed by atoms with Gasteiger partial charge in [-0.1, -0.05) is 0 Å². The molecule has 2 fully saturated rings. The number of carbonyl (C=O) groups excluding carboxylic acids is 1. The number of carbonyl (C=O) groups is 2. The first-order valence-electron chi connectivity index (χ1n) is 6.87. The molecule has 2 N–H and O–H groups in total. The maximum absolute atomic E-state index is 12.2. The number of carboxylic acid groups (broad SMARTS) is 1. The monoisotopic (exact) mass is 270 g/mol. The number of aliphatic carboxylic acids is 1. The topological polar surface area (TPSA) is 78.9 Å². The Balaban J connectivity index is 2.04. The van der Waals surface area contributed by atoms with Crippen molar-refractivity contribution in [2.24, 2.45) is 5.92 Å². The molecule has 1 aliphatic carbocycles. The average Bonchev–Trinajstić information content (AvgIpc) is 2.26. The summed E-state index contributed by atoms with van der Waals surface area (Å²) >= 11 is 0. The van der Waals surface area contributed by atoms with Crippen LogP contribution < -0.4 is 5.32 Å². The molecule has 1 saturated carbocycles. The number of hydrogen-bond donors (Lipinski definition) is 2. The quantitative estimate of drug-likeness (QED) is 0.756. The summed E-state index contributed by atoms with van der Waals surface area (Å²) < 4.78 is 5.38. The zero-order chi connectivity index (χ0) is 14.0. The minimum atomic E-state index is -0.759. The zero-order valence-electron chi connectivity index (χ0n) is 11.5. The first kappa shape index (κ1) is 14.3. The molecule has 19 heavy (non-hydrogen) atoms. The summed E-state index contributed by atoms with van der Waals surface area (Å²) in [6.07, 6.45) is 1.55. The summed E-state index contributed by atoms with van der Waals surface area (Å²) in [7, 11) is 0. The molecule has 0 spiro atoms. The highest BCUT2D eigenvalue weighted by atomic mass is 16.5. The maximum atomic E-state index is 12.2. The summed E-state index contributed by atoms with van der Waals surface area (Å²) in [4.78, 5) is 25.3. The Morgan fingerprint density at radius 3 is 2.63 bits per heavy atom. The summed E-state index contributed by atoms with van der Waals surface area (Å²) in [5.74, 6) is -1.16. The minimum Gasteiger partial charge on any atom is -0.481 e. The van der Waals surface area contributed by atoms with Gasteiger partial charge in [0.25, 0.3) is 0 Å². The second kappa shape index (κ2) is 5.88. The number of nitrogens with one attached hydrogen (secondary N) is 1. The molecule has 3 unspecified atom stereocenters. The third-order valence-electron chi connectivity index (χ3n) is 3.88. The summed E-state index contributed by atoms with van der Waals surface area (Å²) in [6.45, 7) is 5.37. The fourth-order valence-corrected chi connectivity index (χ4v) is 2.79. The van der Waals surface area contributed by atoms with Crippen molar-refractivity contribution in [3.8, 4) is 0 Å². The first-order chi connectivity index (χ1) is 9.00. The molecule has 2 rings (SSSR count). The van der Waals surface area contributed by atoms with E-state index in [4.69, 9.17) is 9.84 Å². The van der Waals surface area contributed by atoms with E-state index < -0.39 is 5.97 Å². The molecular formula is C13H22N2O4. The van der Waals surface area contributed by atoms with Crippen LogP contribution in [0, 0.1) is 5.92 Å². The van der Waals surface area contributed by atoms with Crippen molar-refractivity contribution in [3.63, 3.8) is 0 Å². The lowest BCUT2D eigenvalue weighted by atomic mass is 9.77. The van der Waals surface area contributed by atoms with E-state index in [0.29, 0.717) is 26.2 Å². The van der Waals surface area contributed by atoms with Gasteiger partial charge in [0.05, 0.1) is 19.1 Å². The molecule has 1 saturated heterocycles. The number of ether oxygens (including phenoxy) is 1. The van der Waals surface area contributed by atoms with Gasteiger partial charge >= 0.3 is 5.97 Å². The summed E-state index contributed by atoms with van der Waals surface area (Å²) in [6, 6.07) is -0.305. The lowest BCUT2D eigenvalue weighted by Crippen LogP contribution is -2.62. The molecule has 2 aliphatic rings. The fraction of sp³-hybridized carbons (Fsp3) is 0.846. The van der Waals surface area contributed by atoms with Crippen molar-refractivity contribution in [2.45, 2.75) is 44.8 Å². The van der Waals surface area contributed by atoms with Gasteiger partial charge in [-0.15, -0.1) is 0 Å². The number of nitrogens with zero attached hydrogens (tertiary/aromatic N) is 1. The van der Waals surface area contributed by atoms with Crippen molar-refractivity contribution in [1.29, 1.82) is 0 Å². The van der Waals surface area contributed by atoms with E-state index in [1.165, 1.54) is 0 Å².